The van der Waals surface area contributed by atoms with E-state index in [1.54, 1.807) is 0 Å². The fourth-order valence-corrected chi connectivity index (χ4v) is 4.13. The van der Waals surface area contributed by atoms with Crippen molar-refractivity contribution in [3.63, 3.8) is 0 Å². The smallest absolute Gasteiger partial charge is 0.315 e. The van der Waals surface area contributed by atoms with Crippen molar-refractivity contribution >= 4 is 23.8 Å². The Morgan fingerprint density at radius 2 is 2.29 bits per heavy atom. The number of carboxylic acids is 1. The number of hydrogen-bond donors (Lipinski definition) is 3. The van der Waals surface area contributed by atoms with E-state index in [-0.39, 0.29) is 29.3 Å². The first-order valence-electron chi connectivity index (χ1n) is 5.94. The average molecular weight is 258 g/mol. The third-order valence-corrected chi connectivity index (χ3v) is 5.21. The number of carbonyl (C=O) groups excluding carboxylic acids is 1. The minimum Gasteiger partial charge on any atom is -0.481 e. The summed E-state index contributed by atoms with van der Waals surface area (Å²) in [5.74, 6) is 0.210. The van der Waals surface area contributed by atoms with Crippen LogP contribution < -0.4 is 10.6 Å². The van der Waals surface area contributed by atoms with Crippen LogP contribution in [0.25, 0.3) is 0 Å². The molecule has 5 nitrogen and oxygen atoms in total. The van der Waals surface area contributed by atoms with Crippen molar-refractivity contribution in [3.8, 4) is 0 Å². The third-order valence-electron chi connectivity index (χ3n) is 3.57. The van der Waals surface area contributed by atoms with Crippen LogP contribution in [0, 0.1) is 0 Å². The van der Waals surface area contributed by atoms with Crippen LogP contribution in [-0.2, 0) is 4.79 Å². The summed E-state index contributed by atoms with van der Waals surface area (Å²) in [6.45, 7) is 2.16. The summed E-state index contributed by atoms with van der Waals surface area (Å²) in [6, 6.07) is 0.346. The van der Waals surface area contributed by atoms with Gasteiger partial charge in [-0.3, -0.25) is 4.79 Å². The molecule has 17 heavy (non-hydrogen) atoms. The minimum atomic E-state index is -0.733. The molecule has 2 saturated heterocycles. The van der Waals surface area contributed by atoms with Crippen LogP contribution in [0.2, 0.25) is 0 Å². The van der Waals surface area contributed by atoms with Crippen LogP contribution in [0.15, 0.2) is 0 Å². The standard InChI is InChI=1S/C11H18N2O3S/c1-11(5-3-2-4-8(14)15)9-7(6-17-11)12-10(16)13-9/h7,9H,2-6H2,1H3,(H,14,15)(H2,12,13,16). The highest BCUT2D eigenvalue weighted by atomic mass is 32.2. The van der Waals surface area contributed by atoms with E-state index in [1.807, 2.05) is 11.8 Å². The Morgan fingerprint density at radius 1 is 1.53 bits per heavy atom. The highest BCUT2D eigenvalue weighted by molar-refractivity contribution is 8.01. The van der Waals surface area contributed by atoms with E-state index in [0.29, 0.717) is 6.42 Å². The van der Waals surface area contributed by atoms with E-state index in [9.17, 15) is 9.59 Å². The lowest BCUT2D eigenvalue weighted by Crippen LogP contribution is -2.44. The average Bonchev–Trinajstić information content (AvgIpc) is 2.75. The number of fused-ring (bicyclic) bond motifs is 1. The van der Waals surface area contributed by atoms with Crippen LogP contribution in [0.5, 0.6) is 0 Å². The summed E-state index contributed by atoms with van der Waals surface area (Å²) >= 11 is 1.87. The molecule has 3 N–H and O–H groups in total. The SMILES string of the molecule is CC1(CCCCC(=O)O)SCC2NC(=O)NC21. The predicted octanol–water partition coefficient (Wildman–Crippen LogP) is 1.19. The molecule has 2 rings (SSSR count). The number of thioether (sulfide) groups is 1. The number of urea groups is 1. The molecule has 2 heterocycles. The second-order valence-electron chi connectivity index (χ2n) is 4.93. The lowest BCUT2D eigenvalue weighted by Gasteiger charge is -2.29. The maximum Gasteiger partial charge on any atom is 0.315 e. The number of rotatable bonds is 5. The van der Waals surface area contributed by atoms with Gasteiger partial charge in [-0.25, -0.2) is 4.79 Å². The lowest BCUT2D eigenvalue weighted by molar-refractivity contribution is -0.137. The van der Waals surface area contributed by atoms with Crippen molar-refractivity contribution in [2.75, 3.05) is 5.75 Å². The quantitative estimate of drug-likeness (QED) is 0.511. The first kappa shape index (κ1) is 12.5. The molecule has 0 spiro atoms. The van der Waals surface area contributed by atoms with Gasteiger partial charge in [0, 0.05) is 16.9 Å². The second kappa shape index (κ2) is 4.76. The molecule has 3 atom stereocenters. The Bertz CT molecular complexity index is 337. The van der Waals surface area contributed by atoms with Crippen molar-refractivity contribution in [3.05, 3.63) is 0 Å². The van der Waals surface area contributed by atoms with Crippen LogP contribution in [0.3, 0.4) is 0 Å². The first-order chi connectivity index (χ1) is 8.01. The Labute approximate surface area is 105 Å². The summed E-state index contributed by atoms with van der Waals surface area (Å²) in [5, 5.41) is 14.5. The zero-order valence-electron chi connectivity index (χ0n) is 9.86. The fraction of sp³-hybridized carbons (Fsp3) is 0.818. The molecule has 3 unspecified atom stereocenters. The Balaban J connectivity index is 1.83. The van der Waals surface area contributed by atoms with Gasteiger partial charge in [-0.2, -0.15) is 11.8 Å². The van der Waals surface area contributed by atoms with E-state index in [2.05, 4.69) is 17.6 Å². The van der Waals surface area contributed by atoms with Gasteiger partial charge in [0.2, 0.25) is 0 Å². The molecule has 0 aromatic carbocycles. The summed E-state index contributed by atoms with van der Waals surface area (Å²) < 4.78 is 0.0440. The van der Waals surface area contributed by atoms with Crippen molar-refractivity contribution in [1.82, 2.24) is 10.6 Å². The number of amides is 2. The number of aliphatic carboxylic acids is 1. The van der Waals surface area contributed by atoms with Crippen LogP contribution >= 0.6 is 11.8 Å². The fourth-order valence-electron chi connectivity index (χ4n) is 2.60. The number of carboxylic acid groups (broad SMARTS) is 1. The monoisotopic (exact) mass is 258 g/mol. The molecular weight excluding hydrogens is 240 g/mol. The van der Waals surface area contributed by atoms with Crippen molar-refractivity contribution in [2.45, 2.75) is 49.4 Å². The highest BCUT2D eigenvalue weighted by Gasteiger charge is 2.50. The number of nitrogens with one attached hydrogen (secondary N) is 2. The maximum atomic E-state index is 11.3. The molecule has 2 aliphatic rings. The second-order valence-corrected chi connectivity index (χ2v) is 6.48. The summed E-state index contributed by atoms with van der Waals surface area (Å²) in [6.07, 6.45) is 2.80. The summed E-state index contributed by atoms with van der Waals surface area (Å²) in [5.41, 5.74) is 0. The van der Waals surface area contributed by atoms with Gasteiger partial charge in [-0.15, -0.1) is 0 Å². The molecular formula is C11H18N2O3S. The van der Waals surface area contributed by atoms with Gasteiger partial charge < -0.3 is 15.7 Å². The zero-order chi connectivity index (χ0) is 12.5. The summed E-state index contributed by atoms with van der Waals surface area (Å²) in [4.78, 5) is 21.7. The van der Waals surface area contributed by atoms with Gasteiger partial charge in [-0.1, -0.05) is 6.42 Å². The normalized spacial score (nSPS) is 35.2. The molecule has 2 aliphatic heterocycles. The molecule has 2 amide bonds. The topological polar surface area (TPSA) is 78.4 Å². The number of hydrogen-bond acceptors (Lipinski definition) is 3. The molecule has 96 valence electrons. The Morgan fingerprint density at radius 3 is 3.00 bits per heavy atom. The first-order valence-corrected chi connectivity index (χ1v) is 6.92. The van der Waals surface area contributed by atoms with E-state index >= 15 is 0 Å². The van der Waals surface area contributed by atoms with Gasteiger partial charge in [0.05, 0.1) is 12.1 Å². The number of carbonyl (C=O) groups is 2. The molecule has 0 aromatic rings. The molecule has 2 fully saturated rings. The van der Waals surface area contributed by atoms with Gasteiger partial charge in [0.1, 0.15) is 0 Å². The van der Waals surface area contributed by atoms with Gasteiger partial charge >= 0.3 is 12.0 Å². The zero-order valence-corrected chi connectivity index (χ0v) is 10.7. The van der Waals surface area contributed by atoms with Crippen LogP contribution in [0.4, 0.5) is 4.79 Å². The third kappa shape index (κ3) is 2.68. The van der Waals surface area contributed by atoms with Crippen LogP contribution in [-0.4, -0.2) is 39.7 Å². The largest absolute Gasteiger partial charge is 0.481 e. The van der Waals surface area contributed by atoms with Crippen molar-refractivity contribution in [1.29, 1.82) is 0 Å². The molecule has 0 aromatic heterocycles. The lowest BCUT2D eigenvalue weighted by atomic mass is 9.91. The Kier molecular flexibility index (Phi) is 3.51. The summed E-state index contributed by atoms with van der Waals surface area (Å²) in [7, 11) is 0. The molecule has 0 aliphatic carbocycles. The minimum absolute atomic E-state index is 0.0440. The van der Waals surface area contributed by atoms with Crippen LogP contribution in [0.1, 0.15) is 32.6 Å². The Hall–Kier alpha value is -0.910. The molecule has 0 radical (unpaired) electrons. The van der Waals surface area contributed by atoms with Gasteiger partial charge in [-0.05, 0) is 19.8 Å². The van der Waals surface area contributed by atoms with Crippen molar-refractivity contribution < 1.29 is 14.7 Å². The van der Waals surface area contributed by atoms with Crippen molar-refractivity contribution in [2.24, 2.45) is 0 Å². The molecule has 6 heteroatoms. The van der Waals surface area contributed by atoms with E-state index in [0.717, 1.165) is 18.6 Å². The maximum absolute atomic E-state index is 11.3. The van der Waals surface area contributed by atoms with Gasteiger partial charge in [0.15, 0.2) is 0 Å². The predicted molar refractivity (Wildman–Crippen MR) is 66.2 cm³/mol. The van der Waals surface area contributed by atoms with Gasteiger partial charge in [0.25, 0.3) is 0 Å². The number of unbranched alkanes of at least 4 members (excludes halogenated alkanes) is 1. The molecule has 0 saturated carbocycles. The van der Waals surface area contributed by atoms with E-state index < -0.39 is 5.97 Å². The van der Waals surface area contributed by atoms with E-state index in [1.165, 1.54) is 0 Å². The van der Waals surface area contributed by atoms with E-state index in [4.69, 9.17) is 5.11 Å². The highest BCUT2D eigenvalue weighted by Crippen LogP contribution is 2.43. The molecule has 0 bridgehead atoms.